The molecular formula is C11H14NO. The molecule has 0 bridgehead atoms. The van der Waals surface area contributed by atoms with Gasteiger partial charge in [-0.15, -0.1) is 0 Å². The average Bonchev–Trinajstić information content (AvgIpc) is 2.19. The van der Waals surface area contributed by atoms with Gasteiger partial charge >= 0.3 is 6.41 Å². The highest BCUT2D eigenvalue weighted by Crippen LogP contribution is 2.17. The van der Waals surface area contributed by atoms with Crippen LogP contribution in [0.25, 0.3) is 0 Å². The van der Waals surface area contributed by atoms with Gasteiger partial charge in [0.1, 0.15) is 0 Å². The minimum atomic E-state index is 0.488. The Balaban J connectivity index is 2.39. The van der Waals surface area contributed by atoms with E-state index in [4.69, 9.17) is 0 Å². The van der Waals surface area contributed by atoms with Crippen LogP contribution in [0.1, 0.15) is 24.8 Å². The first kappa shape index (κ1) is 9.78. The predicted molar refractivity (Wildman–Crippen MR) is 53.2 cm³/mol. The lowest BCUT2D eigenvalue weighted by molar-refractivity contribution is 0.536. The number of hydrogen-bond acceptors (Lipinski definition) is 1. The number of carbonyl (C=O) groups excluding carboxylic acids is 1. The van der Waals surface area contributed by atoms with Gasteiger partial charge in [0, 0.05) is 6.54 Å². The first-order valence-corrected chi connectivity index (χ1v) is 4.49. The number of hydrogen-bond donors (Lipinski definition) is 1. The molecule has 1 atom stereocenters. The van der Waals surface area contributed by atoms with Gasteiger partial charge in [-0.25, -0.2) is 0 Å². The second-order valence-corrected chi connectivity index (χ2v) is 3.13. The summed E-state index contributed by atoms with van der Waals surface area (Å²) in [6.45, 7) is 2.85. The molecule has 0 saturated carbocycles. The van der Waals surface area contributed by atoms with E-state index in [1.165, 1.54) is 5.56 Å². The summed E-state index contributed by atoms with van der Waals surface area (Å²) in [6, 6.07) is 10.3. The molecule has 1 aromatic rings. The largest absolute Gasteiger partial charge is 0.348 e. The standard InChI is InChI=1S/C11H14NO/c1-10(7-8-12-9-13)11-5-3-2-4-6-11/h2-6,10H,7-8H2,1H3,(H,12,13). The maximum Gasteiger partial charge on any atom is 0.309 e. The monoisotopic (exact) mass is 176 g/mol. The highest BCUT2D eigenvalue weighted by atomic mass is 16.1. The smallest absolute Gasteiger partial charge is 0.309 e. The molecule has 1 rings (SSSR count). The molecule has 2 heteroatoms. The van der Waals surface area contributed by atoms with Crippen molar-refractivity contribution in [2.75, 3.05) is 6.54 Å². The molecule has 1 unspecified atom stereocenters. The molecule has 1 radical (unpaired) electrons. The van der Waals surface area contributed by atoms with E-state index in [1.54, 1.807) is 6.41 Å². The molecule has 1 amide bonds. The fraction of sp³-hybridized carbons (Fsp3) is 0.364. The van der Waals surface area contributed by atoms with Crippen LogP contribution in [0.4, 0.5) is 0 Å². The molecule has 0 spiro atoms. The first-order chi connectivity index (χ1) is 6.34. The second kappa shape index (κ2) is 5.36. The zero-order valence-corrected chi connectivity index (χ0v) is 7.79. The summed E-state index contributed by atoms with van der Waals surface area (Å²) in [6.07, 6.45) is 2.63. The highest BCUT2D eigenvalue weighted by Gasteiger charge is 2.03. The van der Waals surface area contributed by atoms with Gasteiger partial charge in [-0.3, -0.25) is 4.79 Å². The van der Waals surface area contributed by atoms with Gasteiger partial charge in [0.05, 0.1) is 0 Å². The summed E-state index contributed by atoms with van der Waals surface area (Å²) >= 11 is 0. The highest BCUT2D eigenvalue weighted by molar-refractivity contribution is 5.46. The summed E-state index contributed by atoms with van der Waals surface area (Å²) in [4.78, 5) is 9.89. The van der Waals surface area contributed by atoms with Gasteiger partial charge in [-0.1, -0.05) is 37.3 Å². The van der Waals surface area contributed by atoms with Crippen LogP contribution in [-0.2, 0) is 4.79 Å². The Morgan fingerprint density at radius 3 is 2.69 bits per heavy atom. The van der Waals surface area contributed by atoms with E-state index in [-0.39, 0.29) is 0 Å². The lowest BCUT2D eigenvalue weighted by Crippen LogP contribution is -2.14. The Kier molecular flexibility index (Phi) is 4.03. The topological polar surface area (TPSA) is 29.1 Å². The van der Waals surface area contributed by atoms with Gasteiger partial charge in [0.2, 0.25) is 0 Å². The number of rotatable bonds is 5. The minimum absolute atomic E-state index is 0.488. The maximum absolute atomic E-state index is 9.89. The van der Waals surface area contributed by atoms with E-state index in [9.17, 15) is 4.79 Å². The quantitative estimate of drug-likeness (QED) is 0.538. The Morgan fingerprint density at radius 1 is 1.38 bits per heavy atom. The fourth-order valence-electron chi connectivity index (χ4n) is 1.29. The third-order valence-corrected chi connectivity index (χ3v) is 2.14. The number of amides is 1. The van der Waals surface area contributed by atoms with E-state index >= 15 is 0 Å². The van der Waals surface area contributed by atoms with E-state index in [0.29, 0.717) is 12.5 Å². The van der Waals surface area contributed by atoms with Crippen molar-refractivity contribution in [1.82, 2.24) is 5.32 Å². The summed E-state index contributed by atoms with van der Waals surface area (Å²) < 4.78 is 0. The molecule has 0 aliphatic carbocycles. The third kappa shape index (κ3) is 3.28. The molecule has 0 heterocycles. The SMILES string of the molecule is CC(CCN[C]=O)c1ccccc1. The average molecular weight is 176 g/mol. The molecule has 0 saturated heterocycles. The van der Waals surface area contributed by atoms with Gasteiger partial charge in [0.25, 0.3) is 0 Å². The van der Waals surface area contributed by atoms with Crippen LogP contribution in [0.3, 0.4) is 0 Å². The van der Waals surface area contributed by atoms with Gasteiger partial charge in [-0.05, 0) is 17.9 Å². The molecule has 13 heavy (non-hydrogen) atoms. The van der Waals surface area contributed by atoms with Crippen LogP contribution in [-0.4, -0.2) is 13.0 Å². The van der Waals surface area contributed by atoms with Crippen LogP contribution in [0.5, 0.6) is 0 Å². The molecule has 1 aromatic carbocycles. The Morgan fingerprint density at radius 2 is 2.08 bits per heavy atom. The van der Waals surface area contributed by atoms with Crippen LogP contribution in [0.2, 0.25) is 0 Å². The van der Waals surface area contributed by atoms with Gasteiger partial charge < -0.3 is 5.32 Å². The minimum Gasteiger partial charge on any atom is -0.348 e. The summed E-state index contributed by atoms with van der Waals surface area (Å²) in [5.74, 6) is 0.488. The molecule has 0 aliphatic rings. The van der Waals surface area contributed by atoms with Gasteiger partial charge in [-0.2, -0.15) is 0 Å². The molecule has 0 aliphatic heterocycles. The lowest BCUT2D eigenvalue weighted by Gasteiger charge is -2.10. The van der Waals surface area contributed by atoms with Crippen molar-refractivity contribution in [2.24, 2.45) is 0 Å². The maximum atomic E-state index is 9.89. The van der Waals surface area contributed by atoms with E-state index < -0.39 is 0 Å². The Bertz CT molecular complexity index is 246. The van der Waals surface area contributed by atoms with Crippen molar-refractivity contribution in [1.29, 1.82) is 0 Å². The van der Waals surface area contributed by atoms with Crippen molar-refractivity contribution in [3.63, 3.8) is 0 Å². The van der Waals surface area contributed by atoms with E-state index in [2.05, 4.69) is 24.4 Å². The van der Waals surface area contributed by atoms with Crippen molar-refractivity contribution in [3.8, 4) is 0 Å². The molecule has 0 fully saturated rings. The van der Waals surface area contributed by atoms with Crippen LogP contribution >= 0.6 is 0 Å². The van der Waals surface area contributed by atoms with Crippen molar-refractivity contribution >= 4 is 6.41 Å². The zero-order chi connectivity index (χ0) is 9.52. The van der Waals surface area contributed by atoms with E-state index in [0.717, 1.165) is 6.42 Å². The Hall–Kier alpha value is -1.31. The molecular weight excluding hydrogens is 162 g/mol. The summed E-state index contributed by atoms with van der Waals surface area (Å²) in [5, 5.41) is 2.54. The Labute approximate surface area is 79.0 Å². The molecule has 1 N–H and O–H groups in total. The summed E-state index contributed by atoms with van der Waals surface area (Å²) in [5.41, 5.74) is 1.31. The van der Waals surface area contributed by atoms with Crippen molar-refractivity contribution < 1.29 is 4.79 Å². The number of benzene rings is 1. The molecule has 69 valence electrons. The normalized spacial score (nSPS) is 12.1. The van der Waals surface area contributed by atoms with Crippen LogP contribution in [0.15, 0.2) is 30.3 Å². The van der Waals surface area contributed by atoms with Crippen molar-refractivity contribution in [3.05, 3.63) is 35.9 Å². The van der Waals surface area contributed by atoms with E-state index in [1.807, 2.05) is 18.2 Å². The molecule has 0 aromatic heterocycles. The van der Waals surface area contributed by atoms with Crippen molar-refractivity contribution in [2.45, 2.75) is 19.3 Å². The number of nitrogens with one attached hydrogen (secondary N) is 1. The first-order valence-electron chi connectivity index (χ1n) is 4.49. The zero-order valence-electron chi connectivity index (χ0n) is 7.79. The van der Waals surface area contributed by atoms with Crippen LogP contribution < -0.4 is 5.32 Å². The van der Waals surface area contributed by atoms with Gasteiger partial charge in [0.15, 0.2) is 0 Å². The third-order valence-electron chi connectivity index (χ3n) is 2.14. The summed E-state index contributed by atoms with van der Waals surface area (Å²) in [7, 11) is 0. The van der Waals surface area contributed by atoms with Crippen LogP contribution in [0, 0.1) is 0 Å². The fourth-order valence-corrected chi connectivity index (χ4v) is 1.29. The second-order valence-electron chi connectivity index (χ2n) is 3.13. The lowest BCUT2D eigenvalue weighted by atomic mass is 9.98. The predicted octanol–water partition coefficient (Wildman–Crippen LogP) is 1.84. The molecule has 2 nitrogen and oxygen atoms in total.